The molecule has 3 nitrogen and oxygen atoms in total. The maximum absolute atomic E-state index is 6.42. The lowest BCUT2D eigenvalue weighted by atomic mass is 9.87. The van der Waals surface area contributed by atoms with Crippen LogP contribution in [-0.2, 0) is 0 Å². The fraction of sp³-hybridized carbons (Fsp3) is 0.375. The van der Waals surface area contributed by atoms with Crippen molar-refractivity contribution < 1.29 is 4.42 Å². The fourth-order valence-corrected chi connectivity index (χ4v) is 6.24. The van der Waals surface area contributed by atoms with Crippen LogP contribution < -0.4 is 0 Å². The van der Waals surface area contributed by atoms with Gasteiger partial charge >= 0.3 is 0 Å². The zero-order chi connectivity index (χ0) is 23.9. The largest absolute Gasteiger partial charge is 0.437 e. The number of hydrogen-bond donors (Lipinski definition) is 0. The van der Waals surface area contributed by atoms with Crippen molar-refractivity contribution in [1.82, 2.24) is 9.97 Å². The summed E-state index contributed by atoms with van der Waals surface area (Å²) < 4.78 is 6.42. The molecule has 0 amide bonds. The van der Waals surface area contributed by atoms with Gasteiger partial charge in [0, 0.05) is 39.0 Å². The van der Waals surface area contributed by atoms with Crippen molar-refractivity contribution in [2.75, 3.05) is 0 Å². The first kappa shape index (κ1) is 21.1. The summed E-state index contributed by atoms with van der Waals surface area (Å²) in [6.07, 6.45) is 6.36. The van der Waals surface area contributed by atoms with Crippen LogP contribution in [0.3, 0.4) is 0 Å². The number of pyridine rings is 2. The number of benzene rings is 2. The van der Waals surface area contributed by atoms with Crippen LogP contribution in [0.2, 0.25) is 0 Å². The Bertz CT molecular complexity index is 1640. The molecule has 0 bridgehead atoms. The highest BCUT2D eigenvalue weighted by Gasteiger charge is 2.32. The summed E-state index contributed by atoms with van der Waals surface area (Å²) in [6, 6.07) is 18.1. The molecule has 3 heteroatoms. The Morgan fingerprint density at radius 3 is 2.43 bits per heavy atom. The van der Waals surface area contributed by atoms with Crippen LogP contribution in [0.1, 0.15) is 80.3 Å². The summed E-state index contributed by atoms with van der Waals surface area (Å²) in [6.45, 7) is 8.99. The summed E-state index contributed by atoms with van der Waals surface area (Å²) in [5, 5.41) is 4.73. The van der Waals surface area contributed by atoms with Gasteiger partial charge < -0.3 is 4.42 Å². The van der Waals surface area contributed by atoms with Crippen LogP contribution in [0, 0.1) is 19.3 Å². The van der Waals surface area contributed by atoms with E-state index in [9.17, 15) is 0 Å². The molecule has 3 heterocycles. The molecule has 2 saturated carbocycles. The third-order valence-corrected chi connectivity index (χ3v) is 8.29. The molecule has 2 fully saturated rings. The average Bonchev–Trinajstić information content (AvgIpc) is 3.53. The van der Waals surface area contributed by atoms with E-state index >= 15 is 0 Å². The number of furan rings is 1. The van der Waals surface area contributed by atoms with Gasteiger partial charge in [-0.2, -0.15) is 0 Å². The molecule has 5 aromatic rings. The summed E-state index contributed by atoms with van der Waals surface area (Å²) >= 11 is 0. The van der Waals surface area contributed by atoms with Crippen molar-refractivity contribution in [2.45, 2.75) is 71.6 Å². The van der Waals surface area contributed by atoms with Crippen LogP contribution in [0.5, 0.6) is 0 Å². The zero-order valence-electron chi connectivity index (χ0n) is 21.1. The first-order valence-corrected chi connectivity index (χ1v) is 13.1. The first-order chi connectivity index (χ1) is 16.8. The second-order valence-electron chi connectivity index (χ2n) is 11.9. The number of nitrogens with zero attached hydrogens (tertiary/aromatic N) is 2. The summed E-state index contributed by atoms with van der Waals surface area (Å²) in [5.41, 5.74) is 9.08. The lowest BCUT2D eigenvalue weighted by Crippen LogP contribution is -2.04. The molecule has 176 valence electrons. The Hall–Kier alpha value is -3.20. The quantitative estimate of drug-likeness (QED) is 0.270. The van der Waals surface area contributed by atoms with Crippen molar-refractivity contribution in [3.8, 4) is 11.3 Å². The molecule has 1 unspecified atom stereocenters. The predicted molar refractivity (Wildman–Crippen MR) is 144 cm³/mol. The van der Waals surface area contributed by atoms with Gasteiger partial charge in [-0.15, -0.1) is 0 Å². The number of aromatic nitrogens is 2. The van der Waals surface area contributed by atoms with Gasteiger partial charge in [0.15, 0.2) is 0 Å². The molecule has 0 aliphatic heterocycles. The molecule has 35 heavy (non-hydrogen) atoms. The minimum absolute atomic E-state index is 0.447. The smallest absolute Gasteiger partial charge is 0.227 e. The number of rotatable bonds is 3. The van der Waals surface area contributed by atoms with E-state index in [1.807, 2.05) is 6.92 Å². The molecular formula is C32H32N2O. The molecule has 7 rings (SSSR count). The summed E-state index contributed by atoms with van der Waals surface area (Å²) in [7, 11) is 0. The van der Waals surface area contributed by atoms with E-state index in [2.05, 4.69) is 74.3 Å². The van der Waals surface area contributed by atoms with Crippen molar-refractivity contribution in [1.29, 1.82) is 0 Å². The number of aryl methyl sites for hydroxylation is 2. The maximum atomic E-state index is 6.42. The monoisotopic (exact) mass is 460 g/mol. The molecule has 0 saturated heterocycles. The minimum atomic E-state index is 0.447. The molecule has 2 aliphatic rings. The van der Waals surface area contributed by atoms with Crippen LogP contribution in [0.4, 0.5) is 0 Å². The Kier molecular flexibility index (Phi) is 4.46. The van der Waals surface area contributed by atoms with Gasteiger partial charge in [-0.05, 0) is 104 Å². The topological polar surface area (TPSA) is 38.9 Å². The molecule has 0 N–H and O–H groups in total. The average molecular weight is 461 g/mol. The zero-order valence-corrected chi connectivity index (χ0v) is 21.1. The Labute approximate surface area is 206 Å². The molecule has 2 aromatic carbocycles. The van der Waals surface area contributed by atoms with Gasteiger partial charge in [-0.3, -0.25) is 4.98 Å². The Morgan fingerprint density at radius 1 is 0.829 bits per heavy atom. The third kappa shape index (κ3) is 3.55. The van der Waals surface area contributed by atoms with E-state index in [1.54, 1.807) is 0 Å². The normalized spacial score (nSPS) is 19.8. The van der Waals surface area contributed by atoms with E-state index < -0.39 is 0 Å². The molecule has 0 spiro atoms. The van der Waals surface area contributed by atoms with Crippen molar-refractivity contribution >= 4 is 32.8 Å². The van der Waals surface area contributed by atoms with E-state index in [4.69, 9.17) is 9.40 Å². The van der Waals surface area contributed by atoms with Crippen molar-refractivity contribution in [2.24, 2.45) is 5.41 Å². The van der Waals surface area contributed by atoms with E-state index in [0.29, 0.717) is 23.0 Å². The molecule has 2 aliphatic carbocycles. The van der Waals surface area contributed by atoms with Crippen molar-refractivity contribution in [3.63, 3.8) is 0 Å². The predicted octanol–water partition coefficient (Wildman–Crippen LogP) is 8.98. The minimum Gasteiger partial charge on any atom is -0.437 e. The van der Waals surface area contributed by atoms with Crippen molar-refractivity contribution in [3.05, 3.63) is 71.0 Å². The number of fused-ring (bicyclic) bond motifs is 4. The van der Waals surface area contributed by atoms with Crippen LogP contribution in [0.15, 0.2) is 52.9 Å². The Morgan fingerprint density at radius 2 is 1.66 bits per heavy atom. The van der Waals surface area contributed by atoms with Crippen LogP contribution >= 0.6 is 0 Å². The highest BCUT2D eigenvalue weighted by molar-refractivity contribution is 6.11. The lowest BCUT2D eigenvalue weighted by molar-refractivity contribution is 0.376. The highest BCUT2D eigenvalue weighted by atomic mass is 16.3. The second-order valence-corrected chi connectivity index (χ2v) is 11.9. The van der Waals surface area contributed by atoms with Gasteiger partial charge in [0.2, 0.25) is 5.71 Å². The number of hydrogen-bond acceptors (Lipinski definition) is 3. The van der Waals surface area contributed by atoms with Gasteiger partial charge in [0.25, 0.3) is 0 Å². The summed E-state index contributed by atoms with van der Waals surface area (Å²) in [4.78, 5) is 9.96. The van der Waals surface area contributed by atoms with Gasteiger partial charge in [-0.25, -0.2) is 4.98 Å². The molecule has 3 aromatic heterocycles. The van der Waals surface area contributed by atoms with E-state index in [0.717, 1.165) is 33.3 Å². The standard InChI is InChI=1S/C32H32N2O/c1-18-13-26-25-9-5-19(2)33-31(25)35-30(26)27(14-18)29-24-10-8-21(22-11-12-32(3,4)17-22)15-23(24)16-28(34-29)20-6-7-20/h5,8-10,13-16,20,22H,6-7,11-12,17H2,1-4H3. The van der Waals surface area contributed by atoms with Gasteiger partial charge in [0.05, 0.1) is 5.69 Å². The molecular weight excluding hydrogens is 428 g/mol. The summed E-state index contributed by atoms with van der Waals surface area (Å²) in [5.74, 6) is 1.25. The lowest BCUT2D eigenvalue weighted by Gasteiger charge is -2.18. The van der Waals surface area contributed by atoms with Crippen LogP contribution in [0.25, 0.3) is 44.1 Å². The van der Waals surface area contributed by atoms with Crippen LogP contribution in [-0.4, -0.2) is 9.97 Å². The van der Waals surface area contributed by atoms with E-state index in [1.165, 1.54) is 59.7 Å². The Balaban J connectivity index is 1.47. The van der Waals surface area contributed by atoms with Gasteiger partial charge in [0.1, 0.15) is 5.58 Å². The highest BCUT2D eigenvalue weighted by Crippen LogP contribution is 2.48. The van der Waals surface area contributed by atoms with Gasteiger partial charge in [-0.1, -0.05) is 32.0 Å². The first-order valence-electron chi connectivity index (χ1n) is 13.1. The second kappa shape index (κ2) is 7.40. The maximum Gasteiger partial charge on any atom is 0.227 e. The fourth-order valence-electron chi connectivity index (χ4n) is 6.24. The molecule has 0 radical (unpaired) electrons. The SMILES string of the molecule is Cc1cc(-c2nc(C3CC3)cc3cc(C4CCC(C)(C)C4)ccc23)c2oc3nc(C)ccc3c2c1. The third-order valence-electron chi connectivity index (χ3n) is 8.29. The van der Waals surface area contributed by atoms with E-state index in [-0.39, 0.29) is 0 Å². The molecule has 1 atom stereocenters.